The Morgan fingerprint density at radius 3 is 2.93 bits per heavy atom. The van der Waals surface area contributed by atoms with E-state index in [0.29, 0.717) is 23.1 Å². The molecule has 9 heteroatoms. The standard InChI is InChI=1S/C21H15BrN4O3S/c22-13-5-6-15-14(9-13)21(28)25(12-23-15)11-20(27)26-17(18-3-1-7-29-18)10-16(24-26)19-4-2-8-30-19/h1-9,12,17H,10-11H2. The number of fused-ring (bicyclic) bond motifs is 1. The van der Waals surface area contributed by atoms with E-state index in [9.17, 15) is 9.59 Å². The van der Waals surface area contributed by atoms with E-state index in [0.717, 1.165) is 15.1 Å². The van der Waals surface area contributed by atoms with Crippen LogP contribution < -0.4 is 5.56 Å². The molecule has 0 bridgehead atoms. The number of carbonyl (C=O) groups excluding carboxylic acids is 1. The topological polar surface area (TPSA) is 80.7 Å². The Hall–Kier alpha value is -3.04. The molecule has 0 radical (unpaired) electrons. The van der Waals surface area contributed by atoms with Crippen molar-refractivity contribution in [2.45, 2.75) is 19.0 Å². The normalized spacial score (nSPS) is 16.2. The molecule has 150 valence electrons. The second kappa shape index (κ2) is 7.66. The molecule has 1 unspecified atom stereocenters. The summed E-state index contributed by atoms with van der Waals surface area (Å²) >= 11 is 4.95. The first-order valence-corrected chi connectivity index (χ1v) is 10.9. The number of rotatable bonds is 4. The molecule has 0 aliphatic carbocycles. The van der Waals surface area contributed by atoms with E-state index < -0.39 is 0 Å². The summed E-state index contributed by atoms with van der Waals surface area (Å²) in [5.74, 6) is 0.354. The molecule has 4 aromatic rings. The van der Waals surface area contributed by atoms with Crippen LogP contribution in [-0.4, -0.2) is 26.2 Å². The summed E-state index contributed by atoms with van der Waals surface area (Å²) < 4.78 is 7.65. The highest BCUT2D eigenvalue weighted by Gasteiger charge is 2.35. The highest BCUT2D eigenvalue weighted by molar-refractivity contribution is 9.10. The van der Waals surface area contributed by atoms with Crippen LogP contribution in [0.2, 0.25) is 0 Å². The Balaban J connectivity index is 1.48. The van der Waals surface area contributed by atoms with Gasteiger partial charge in [-0.3, -0.25) is 14.2 Å². The zero-order valence-electron chi connectivity index (χ0n) is 15.6. The van der Waals surface area contributed by atoms with Crippen molar-refractivity contribution < 1.29 is 9.21 Å². The van der Waals surface area contributed by atoms with Gasteiger partial charge >= 0.3 is 0 Å². The number of carbonyl (C=O) groups is 1. The van der Waals surface area contributed by atoms with E-state index in [4.69, 9.17) is 4.42 Å². The van der Waals surface area contributed by atoms with Crippen LogP contribution in [0.15, 0.2) is 79.2 Å². The fourth-order valence-electron chi connectivity index (χ4n) is 3.50. The average Bonchev–Trinajstić information content (AvgIpc) is 3.50. The third kappa shape index (κ3) is 3.40. The lowest BCUT2D eigenvalue weighted by Gasteiger charge is -2.20. The summed E-state index contributed by atoms with van der Waals surface area (Å²) in [4.78, 5) is 31.4. The Kier molecular flexibility index (Phi) is 4.84. The predicted octanol–water partition coefficient (Wildman–Crippen LogP) is 4.19. The van der Waals surface area contributed by atoms with Gasteiger partial charge in [0.1, 0.15) is 18.3 Å². The number of aromatic nitrogens is 2. The summed E-state index contributed by atoms with van der Waals surface area (Å²) in [5, 5.41) is 8.43. The van der Waals surface area contributed by atoms with E-state index in [1.807, 2.05) is 29.6 Å². The molecule has 3 aromatic heterocycles. The smallest absolute Gasteiger partial charge is 0.263 e. The van der Waals surface area contributed by atoms with Crippen LogP contribution in [0.4, 0.5) is 0 Å². The minimum Gasteiger partial charge on any atom is -0.467 e. The Morgan fingerprint density at radius 2 is 2.17 bits per heavy atom. The minimum atomic E-state index is -0.345. The summed E-state index contributed by atoms with van der Waals surface area (Å²) in [6, 6.07) is 12.5. The number of benzene rings is 1. The Bertz CT molecular complexity index is 1310. The van der Waals surface area contributed by atoms with Gasteiger partial charge in [0, 0.05) is 10.9 Å². The fourth-order valence-corrected chi connectivity index (χ4v) is 4.58. The van der Waals surface area contributed by atoms with Crippen LogP contribution in [0, 0.1) is 0 Å². The van der Waals surface area contributed by atoms with Gasteiger partial charge in [-0.05, 0) is 41.8 Å². The number of hydrogen-bond donors (Lipinski definition) is 0. The first-order chi connectivity index (χ1) is 14.6. The molecule has 0 saturated carbocycles. The van der Waals surface area contributed by atoms with Gasteiger partial charge in [-0.15, -0.1) is 11.3 Å². The van der Waals surface area contributed by atoms with Gasteiger partial charge in [0.25, 0.3) is 11.5 Å². The van der Waals surface area contributed by atoms with Crippen molar-refractivity contribution in [3.8, 4) is 0 Å². The molecule has 1 aliphatic heterocycles. The van der Waals surface area contributed by atoms with Crippen LogP contribution in [0.25, 0.3) is 10.9 Å². The number of amides is 1. The predicted molar refractivity (Wildman–Crippen MR) is 117 cm³/mol. The van der Waals surface area contributed by atoms with Crippen molar-refractivity contribution in [2.75, 3.05) is 0 Å². The molecule has 1 amide bonds. The van der Waals surface area contributed by atoms with Crippen molar-refractivity contribution in [2.24, 2.45) is 5.10 Å². The molecule has 1 aromatic carbocycles. The molecule has 0 saturated heterocycles. The molecule has 0 spiro atoms. The van der Waals surface area contributed by atoms with Crippen molar-refractivity contribution in [1.82, 2.24) is 14.6 Å². The van der Waals surface area contributed by atoms with Crippen LogP contribution in [0.1, 0.15) is 23.1 Å². The number of thiophene rings is 1. The maximum Gasteiger partial charge on any atom is 0.263 e. The number of nitrogens with zero attached hydrogens (tertiary/aromatic N) is 4. The van der Waals surface area contributed by atoms with Crippen LogP contribution >= 0.6 is 27.3 Å². The summed E-state index contributed by atoms with van der Waals surface area (Å²) in [6.07, 6.45) is 3.53. The Labute approximate surface area is 183 Å². The van der Waals surface area contributed by atoms with E-state index in [2.05, 4.69) is 26.0 Å². The van der Waals surface area contributed by atoms with Crippen molar-refractivity contribution in [3.05, 3.63) is 85.9 Å². The van der Waals surface area contributed by atoms with Crippen LogP contribution in [-0.2, 0) is 11.3 Å². The fraction of sp³-hybridized carbons (Fsp3) is 0.143. The molecule has 4 heterocycles. The minimum absolute atomic E-state index is 0.160. The number of hydrogen-bond acceptors (Lipinski definition) is 6. The average molecular weight is 483 g/mol. The van der Waals surface area contributed by atoms with Gasteiger partial charge < -0.3 is 4.42 Å². The largest absolute Gasteiger partial charge is 0.467 e. The lowest BCUT2D eigenvalue weighted by atomic mass is 10.1. The molecule has 7 nitrogen and oxygen atoms in total. The van der Waals surface area contributed by atoms with E-state index in [-0.39, 0.29) is 24.1 Å². The summed E-state index contributed by atoms with van der Waals surface area (Å²) in [5.41, 5.74) is 1.14. The first kappa shape index (κ1) is 19.0. The van der Waals surface area contributed by atoms with Crippen molar-refractivity contribution in [1.29, 1.82) is 0 Å². The first-order valence-electron chi connectivity index (χ1n) is 9.21. The zero-order valence-corrected chi connectivity index (χ0v) is 18.0. The van der Waals surface area contributed by atoms with Gasteiger partial charge in [0.2, 0.25) is 0 Å². The van der Waals surface area contributed by atoms with Gasteiger partial charge in [-0.1, -0.05) is 22.0 Å². The van der Waals surface area contributed by atoms with E-state index in [1.165, 1.54) is 15.9 Å². The molecular formula is C21H15BrN4O3S. The second-order valence-electron chi connectivity index (χ2n) is 6.84. The maximum absolute atomic E-state index is 13.2. The van der Waals surface area contributed by atoms with E-state index in [1.54, 1.807) is 35.8 Å². The van der Waals surface area contributed by atoms with Gasteiger partial charge in [0.05, 0.1) is 34.1 Å². The number of halogens is 1. The molecule has 0 fully saturated rings. The lowest BCUT2D eigenvalue weighted by Crippen LogP contribution is -2.34. The number of hydrazone groups is 1. The molecule has 5 rings (SSSR count). The molecular weight excluding hydrogens is 468 g/mol. The van der Waals surface area contributed by atoms with E-state index >= 15 is 0 Å². The Morgan fingerprint density at radius 1 is 1.27 bits per heavy atom. The van der Waals surface area contributed by atoms with Gasteiger partial charge in [-0.2, -0.15) is 5.10 Å². The quantitative estimate of drug-likeness (QED) is 0.436. The summed E-state index contributed by atoms with van der Waals surface area (Å²) in [7, 11) is 0. The monoisotopic (exact) mass is 482 g/mol. The van der Waals surface area contributed by atoms with Crippen LogP contribution in [0.3, 0.4) is 0 Å². The molecule has 1 aliphatic rings. The summed E-state index contributed by atoms with van der Waals surface area (Å²) in [6.45, 7) is -0.160. The van der Waals surface area contributed by atoms with Crippen molar-refractivity contribution in [3.63, 3.8) is 0 Å². The maximum atomic E-state index is 13.2. The second-order valence-corrected chi connectivity index (χ2v) is 8.70. The van der Waals surface area contributed by atoms with Crippen LogP contribution in [0.5, 0.6) is 0 Å². The zero-order chi connectivity index (χ0) is 20.7. The molecule has 30 heavy (non-hydrogen) atoms. The SMILES string of the molecule is O=C(Cn1cnc2ccc(Br)cc2c1=O)N1N=C(c2cccs2)CC1c1ccco1. The highest BCUT2D eigenvalue weighted by atomic mass is 79.9. The third-order valence-electron chi connectivity index (χ3n) is 4.93. The van der Waals surface area contributed by atoms with Gasteiger partial charge in [-0.25, -0.2) is 9.99 Å². The lowest BCUT2D eigenvalue weighted by molar-refractivity contribution is -0.134. The molecule has 1 atom stereocenters. The third-order valence-corrected chi connectivity index (χ3v) is 6.35. The van der Waals surface area contributed by atoms with Gasteiger partial charge in [0.15, 0.2) is 0 Å². The van der Waals surface area contributed by atoms with Crippen molar-refractivity contribution >= 4 is 49.8 Å². The molecule has 0 N–H and O–H groups in total. The number of furan rings is 1. The highest BCUT2D eigenvalue weighted by Crippen LogP contribution is 2.34.